The number of rotatable bonds is 4. The van der Waals surface area contributed by atoms with Gasteiger partial charge < -0.3 is 5.32 Å². The number of anilines is 1. The molecule has 0 bridgehead atoms. The number of hydrogen-bond acceptors (Lipinski definition) is 3. The van der Waals surface area contributed by atoms with Crippen LogP contribution in [0.1, 0.15) is 11.3 Å². The lowest BCUT2D eigenvalue weighted by atomic mass is 10.1. The molecule has 3 nitrogen and oxygen atoms in total. The number of hydrogen-bond donors (Lipinski definition) is 1. The van der Waals surface area contributed by atoms with Crippen LogP contribution in [0.3, 0.4) is 0 Å². The Balaban J connectivity index is 1.83. The van der Waals surface area contributed by atoms with Gasteiger partial charge in [0.05, 0.1) is 15.6 Å². The zero-order valence-electron chi connectivity index (χ0n) is 13.1. The number of aryl methyl sites for hydroxylation is 1. The van der Waals surface area contributed by atoms with E-state index in [-0.39, 0.29) is 0 Å². The van der Waals surface area contributed by atoms with Crippen LogP contribution >= 0.6 is 11.3 Å². The summed E-state index contributed by atoms with van der Waals surface area (Å²) in [6.07, 6.45) is -4.49. The maximum atomic E-state index is 13.8. The first kappa shape index (κ1) is 17.2. The molecule has 8 heteroatoms. The van der Waals surface area contributed by atoms with Crippen molar-refractivity contribution in [1.82, 2.24) is 9.78 Å². The van der Waals surface area contributed by atoms with Crippen molar-refractivity contribution >= 4 is 22.0 Å². The molecule has 0 fully saturated rings. The molecule has 0 saturated heterocycles. The Morgan fingerprint density at radius 3 is 2.56 bits per heavy atom. The van der Waals surface area contributed by atoms with E-state index in [1.54, 1.807) is 30.3 Å². The summed E-state index contributed by atoms with van der Waals surface area (Å²) in [6, 6.07) is 10.6. The predicted molar refractivity (Wildman–Crippen MR) is 90.6 cm³/mol. The van der Waals surface area contributed by atoms with Gasteiger partial charge >= 0.3 is 6.18 Å². The molecule has 130 valence electrons. The number of thiophene rings is 1. The van der Waals surface area contributed by atoms with Gasteiger partial charge in [-0.05, 0) is 30.3 Å². The summed E-state index contributed by atoms with van der Waals surface area (Å²) in [7, 11) is 1.45. The molecule has 25 heavy (non-hydrogen) atoms. The van der Waals surface area contributed by atoms with Gasteiger partial charge in [0.1, 0.15) is 5.82 Å². The molecule has 0 aliphatic heterocycles. The molecule has 0 radical (unpaired) electrons. The molecule has 1 aromatic carbocycles. The van der Waals surface area contributed by atoms with E-state index in [0.29, 0.717) is 26.8 Å². The Labute approximate surface area is 145 Å². The van der Waals surface area contributed by atoms with E-state index in [9.17, 15) is 17.6 Å². The van der Waals surface area contributed by atoms with E-state index in [1.807, 2.05) is 0 Å². The van der Waals surface area contributed by atoms with E-state index < -0.39 is 17.7 Å². The second-order valence-electron chi connectivity index (χ2n) is 5.28. The van der Waals surface area contributed by atoms with Crippen LogP contribution in [-0.4, -0.2) is 9.78 Å². The largest absolute Gasteiger partial charge is 0.435 e. The van der Waals surface area contributed by atoms with Crippen molar-refractivity contribution in [1.29, 1.82) is 0 Å². The second-order valence-corrected chi connectivity index (χ2v) is 6.37. The zero-order valence-corrected chi connectivity index (χ0v) is 13.9. The number of aromatic nitrogens is 2. The Hall–Kier alpha value is -2.61. The molecule has 1 N–H and O–H groups in total. The molecule has 3 aromatic rings. The number of nitrogens with zero attached hydrogens (tertiary/aromatic N) is 2. The molecular weight excluding hydrogens is 354 g/mol. The fourth-order valence-corrected chi connectivity index (χ4v) is 3.28. The Kier molecular flexibility index (Phi) is 4.38. The van der Waals surface area contributed by atoms with Crippen LogP contribution in [-0.2, 0) is 13.2 Å². The molecule has 0 amide bonds. The highest BCUT2D eigenvalue weighted by Gasteiger charge is 2.34. The maximum absolute atomic E-state index is 13.8. The van der Waals surface area contributed by atoms with Crippen molar-refractivity contribution in [2.24, 2.45) is 7.05 Å². The summed E-state index contributed by atoms with van der Waals surface area (Å²) in [5, 5.41) is 7.11. The van der Waals surface area contributed by atoms with E-state index >= 15 is 0 Å². The lowest BCUT2D eigenvalue weighted by molar-refractivity contribution is -0.141. The van der Waals surface area contributed by atoms with Crippen LogP contribution in [0.5, 0.6) is 0 Å². The first-order valence-corrected chi connectivity index (χ1v) is 7.99. The minimum absolute atomic E-state index is 0.331. The third kappa shape index (κ3) is 3.58. The highest BCUT2D eigenvalue weighted by atomic mass is 32.1. The first-order chi connectivity index (χ1) is 11.8. The zero-order chi connectivity index (χ0) is 18.2. The van der Waals surface area contributed by atoms with E-state index in [4.69, 9.17) is 0 Å². The van der Waals surface area contributed by atoms with Crippen molar-refractivity contribution in [2.75, 3.05) is 5.32 Å². The van der Waals surface area contributed by atoms with Crippen molar-refractivity contribution in [3.8, 4) is 10.6 Å². The average molecular weight is 367 g/mol. The van der Waals surface area contributed by atoms with Crippen LogP contribution in [0.25, 0.3) is 16.3 Å². The number of halogens is 4. The molecule has 0 unspecified atom stereocenters. The fourth-order valence-electron chi connectivity index (χ4n) is 2.30. The van der Waals surface area contributed by atoms with E-state index in [1.165, 1.54) is 29.1 Å². The molecular formula is C17H13F4N3S. The number of nitrogens with one attached hydrogen (secondary N) is 1. The molecule has 2 heterocycles. The summed E-state index contributed by atoms with van der Waals surface area (Å²) >= 11 is 1.23. The van der Waals surface area contributed by atoms with Gasteiger partial charge in [-0.3, -0.25) is 4.68 Å². The molecule has 0 saturated carbocycles. The molecule has 2 aromatic heterocycles. The first-order valence-electron chi connectivity index (χ1n) is 7.18. The molecule has 0 atom stereocenters. The fraction of sp³-hybridized carbons (Fsp3) is 0.118. The average Bonchev–Trinajstić information content (AvgIpc) is 3.13. The smallest absolute Gasteiger partial charge is 0.347 e. The summed E-state index contributed by atoms with van der Waals surface area (Å²) in [5.41, 5.74) is 0.107. The SMILES string of the molecule is C=C(Nc1ccc(-c2cc(C(F)(F)F)nn2C)s1)c1ccccc1F. The van der Waals surface area contributed by atoms with Crippen LogP contribution in [0, 0.1) is 5.82 Å². The lowest BCUT2D eigenvalue weighted by Crippen LogP contribution is -2.06. The van der Waals surface area contributed by atoms with Crippen LogP contribution in [0.2, 0.25) is 0 Å². The van der Waals surface area contributed by atoms with Gasteiger partial charge in [0.25, 0.3) is 0 Å². The minimum atomic E-state index is -4.49. The normalized spacial score (nSPS) is 11.6. The van der Waals surface area contributed by atoms with Crippen molar-refractivity contribution in [3.63, 3.8) is 0 Å². The van der Waals surface area contributed by atoms with Gasteiger partial charge in [0.15, 0.2) is 5.69 Å². The third-order valence-corrected chi connectivity index (χ3v) is 4.52. The van der Waals surface area contributed by atoms with Crippen molar-refractivity contribution < 1.29 is 17.6 Å². The van der Waals surface area contributed by atoms with Gasteiger partial charge in [-0.25, -0.2) is 4.39 Å². The van der Waals surface area contributed by atoms with Crippen LogP contribution in [0.4, 0.5) is 22.6 Å². The Bertz CT molecular complexity index is 924. The minimum Gasteiger partial charge on any atom is -0.347 e. The standard InChI is InChI=1S/C17H13F4N3S/c1-10(11-5-3-4-6-12(11)18)22-16-8-7-14(25-16)13-9-15(17(19,20)21)23-24(13)2/h3-9,22H,1H2,2H3. The topological polar surface area (TPSA) is 29.9 Å². The van der Waals surface area contributed by atoms with E-state index in [2.05, 4.69) is 17.0 Å². The maximum Gasteiger partial charge on any atom is 0.435 e. The lowest BCUT2D eigenvalue weighted by Gasteiger charge is -2.08. The van der Waals surface area contributed by atoms with Crippen molar-refractivity contribution in [2.45, 2.75) is 6.18 Å². The Morgan fingerprint density at radius 2 is 1.92 bits per heavy atom. The van der Waals surface area contributed by atoms with Crippen molar-refractivity contribution in [3.05, 3.63) is 66.1 Å². The summed E-state index contributed by atoms with van der Waals surface area (Å²) in [5.74, 6) is -0.404. The number of benzene rings is 1. The summed E-state index contributed by atoms with van der Waals surface area (Å²) < 4.78 is 53.3. The van der Waals surface area contributed by atoms with Gasteiger partial charge in [-0.1, -0.05) is 18.7 Å². The molecule has 3 rings (SSSR count). The van der Waals surface area contributed by atoms with Gasteiger partial charge in [0.2, 0.25) is 0 Å². The highest BCUT2D eigenvalue weighted by molar-refractivity contribution is 7.19. The Morgan fingerprint density at radius 1 is 1.20 bits per heavy atom. The number of alkyl halides is 3. The van der Waals surface area contributed by atoms with Gasteiger partial charge in [-0.2, -0.15) is 18.3 Å². The van der Waals surface area contributed by atoms with Crippen LogP contribution < -0.4 is 5.32 Å². The second kappa shape index (κ2) is 6.36. The monoisotopic (exact) mass is 367 g/mol. The molecule has 0 aliphatic carbocycles. The summed E-state index contributed by atoms with van der Waals surface area (Å²) in [6.45, 7) is 3.81. The molecule has 0 aliphatic rings. The van der Waals surface area contributed by atoms with Gasteiger partial charge in [0, 0.05) is 18.3 Å². The van der Waals surface area contributed by atoms with E-state index in [0.717, 1.165) is 6.07 Å². The van der Waals surface area contributed by atoms with Crippen LogP contribution in [0.15, 0.2) is 49.0 Å². The quantitative estimate of drug-likeness (QED) is 0.627. The predicted octanol–water partition coefficient (Wildman–Crippen LogP) is 5.39. The highest BCUT2D eigenvalue weighted by Crippen LogP contribution is 2.36. The van der Waals surface area contributed by atoms with Gasteiger partial charge in [-0.15, -0.1) is 11.3 Å². The molecule has 0 spiro atoms. The summed E-state index contributed by atoms with van der Waals surface area (Å²) in [4.78, 5) is 0.606. The third-order valence-electron chi connectivity index (χ3n) is 3.50.